The fourth-order valence-corrected chi connectivity index (χ4v) is 2.18. The molecule has 0 amide bonds. The third-order valence-corrected chi connectivity index (χ3v) is 3.29. The molecule has 5 heteroatoms. The molecule has 0 saturated heterocycles. The highest BCUT2D eigenvalue weighted by molar-refractivity contribution is 5.88. The molecular weight excluding hydrogens is 230 g/mol. The summed E-state index contributed by atoms with van der Waals surface area (Å²) in [4.78, 5) is 11.1. The summed E-state index contributed by atoms with van der Waals surface area (Å²) in [6.45, 7) is 0. The van der Waals surface area contributed by atoms with Crippen LogP contribution in [0.5, 0.6) is 0 Å². The first kappa shape index (κ1) is 10.3. The molecule has 1 N–H and O–H groups in total. The summed E-state index contributed by atoms with van der Waals surface area (Å²) < 4.78 is 32.8. The van der Waals surface area contributed by atoms with Crippen molar-refractivity contribution >= 4 is 16.9 Å². The van der Waals surface area contributed by atoms with Crippen molar-refractivity contribution in [2.75, 3.05) is 0 Å². The van der Waals surface area contributed by atoms with E-state index < -0.39 is 23.0 Å². The van der Waals surface area contributed by atoms with Crippen LogP contribution in [0.3, 0.4) is 0 Å². The summed E-state index contributed by atoms with van der Waals surface area (Å²) in [7, 11) is 0. The lowest BCUT2D eigenvalue weighted by atomic mass is 9.93. The Bertz CT molecular complexity index is 626. The molecule has 1 aliphatic rings. The molecule has 2 aromatic rings. The van der Waals surface area contributed by atoms with Crippen LogP contribution in [0.1, 0.15) is 18.4 Å². The van der Waals surface area contributed by atoms with E-state index in [1.807, 2.05) is 0 Å². The Morgan fingerprint density at radius 3 is 2.71 bits per heavy atom. The molecule has 1 fully saturated rings. The van der Waals surface area contributed by atoms with Crippen LogP contribution >= 0.6 is 0 Å². The van der Waals surface area contributed by atoms with E-state index in [0.29, 0.717) is 0 Å². The largest absolute Gasteiger partial charge is 0.481 e. The quantitative estimate of drug-likeness (QED) is 0.875. The van der Waals surface area contributed by atoms with E-state index in [2.05, 4.69) is 0 Å². The summed E-state index contributed by atoms with van der Waals surface area (Å²) in [5.41, 5.74) is -1.65. The Hall–Kier alpha value is -1.91. The minimum atomic E-state index is -1.39. The third-order valence-electron chi connectivity index (χ3n) is 3.29. The molecule has 17 heavy (non-hydrogen) atoms. The maximum absolute atomic E-state index is 14.1. The molecule has 1 heterocycles. The lowest BCUT2D eigenvalue weighted by Crippen LogP contribution is -2.22. The molecule has 0 aliphatic heterocycles. The first-order valence-electron chi connectivity index (χ1n) is 5.15. The molecule has 3 nitrogen and oxygen atoms in total. The molecule has 0 radical (unpaired) electrons. The van der Waals surface area contributed by atoms with Gasteiger partial charge in [-0.1, -0.05) is 0 Å². The van der Waals surface area contributed by atoms with Crippen LogP contribution in [-0.4, -0.2) is 11.1 Å². The molecule has 1 saturated carbocycles. The SMILES string of the molecule is O=C(O)C1(c2c(F)cc3occc3c2F)CC1. The molecule has 0 atom stereocenters. The number of hydrogen-bond acceptors (Lipinski definition) is 2. The van der Waals surface area contributed by atoms with Crippen molar-refractivity contribution in [1.82, 2.24) is 0 Å². The predicted octanol–water partition coefficient (Wildman–Crippen LogP) is 2.83. The van der Waals surface area contributed by atoms with Crippen LogP contribution in [0.4, 0.5) is 8.78 Å². The van der Waals surface area contributed by atoms with Gasteiger partial charge in [-0.15, -0.1) is 0 Å². The van der Waals surface area contributed by atoms with Gasteiger partial charge < -0.3 is 9.52 Å². The van der Waals surface area contributed by atoms with Gasteiger partial charge in [0.05, 0.1) is 17.1 Å². The number of hydrogen-bond donors (Lipinski definition) is 1. The van der Waals surface area contributed by atoms with E-state index in [4.69, 9.17) is 9.52 Å². The lowest BCUT2D eigenvalue weighted by Gasteiger charge is -2.12. The van der Waals surface area contributed by atoms with E-state index in [0.717, 1.165) is 6.07 Å². The number of halogens is 2. The normalized spacial score (nSPS) is 17.3. The Kier molecular flexibility index (Phi) is 1.85. The highest BCUT2D eigenvalue weighted by Crippen LogP contribution is 2.51. The van der Waals surface area contributed by atoms with Crippen LogP contribution < -0.4 is 0 Å². The van der Waals surface area contributed by atoms with Crippen LogP contribution in [0, 0.1) is 11.6 Å². The summed E-state index contributed by atoms with van der Waals surface area (Å²) in [5, 5.41) is 9.19. The third kappa shape index (κ3) is 1.22. The van der Waals surface area contributed by atoms with E-state index in [1.165, 1.54) is 12.3 Å². The highest BCUT2D eigenvalue weighted by Gasteiger charge is 2.55. The topological polar surface area (TPSA) is 50.4 Å². The summed E-state index contributed by atoms with van der Waals surface area (Å²) in [6, 6.07) is 2.41. The van der Waals surface area contributed by atoms with Crippen molar-refractivity contribution in [1.29, 1.82) is 0 Å². The average Bonchev–Trinajstić information content (AvgIpc) is 2.91. The maximum atomic E-state index is 14.1. The Morgan fingerprint density at radius 2 is 2.12 bits per heavy atom. The molecule has 0 unspecified atom stereocenters. The molecule has 0 spiro atoms. The molecule has 1 aromatic carbocycles. The van der Waals surface area contributed by atoms with Crippen LogP contribution in [0.25, 0.3) is 11.0 Å². The van der Waals surface area contributed by atoms with Crippen LogP contribution in [-0.2, 0) is 10.2 Å². The van der Waals surface area contributed by atoms with Crippen molar-refractivity contribution in [3.63, 3.8) is 0 Å². The number of rotatable bonds is 2. The van der Waals surface area contributed by atoms with Gasteiger partial charge in [-0.3, -0.25) is 4.79 Å². The zero-order chi connectivity index (χ0) is 12.2. The first-order chi connectivity index (χ1) is 8.06. The minimum Gasteiger partial charge on any atom is -0.481 e. The van der Waals surface area contributed by atoms with E-state index in [9.17, 15) is 13.6 Å². The van der Waals surface area contributed by atoms with Gasteiger partial charge in [0.15, 0.2) is 0 Å². The van der Waals surface area contributed by atoms with E-state index in [-0.39, 0.29) is 29.4 Å². The van der Waals surface area contributed by atoms with Gasteiger partial charge in [-0.2, -0.15) is 0 Å². The van der Waals surface area contributed by atoms with Crippen molar-refractivity contribution < 1.29 is 23.1 Å². The Labute approximate surface area is 94.6 Å². The summed E-state index contributed by atoms with van der Waals surface area (Å²) in [5.74, 6) is -2.86. The van der Waals surface area contributed by atoms with Crippen molar-refractivity contribution in [2.45, 2.75) is 18.3 Å². The summed E-state index contributed by atoms with van der Waals surface area (Å²) in [6.07, 6.45) is 1.77. The van der Waals surface area contributed by atoms with Gasteiger partial charge in [0.2, 0.25) is 0 Å². The zero-order valence-corrected chi connectivity index (χ0v) is 8.67. The van der Waals surface area contributed by atoms with Crippen molar-refractivity contribution in [3.05, 3.63) is 35.6 Å². The minimum absolute atomic E-state index is 0.0879. The number of benzene rings is 1. The standard InChI is InChI=1S/C12H8F2O3/c13-7-5-8-6(1-4-17-8)10(14)9(7)12(2-3-12)11(15)16/h1,4-5H,2-3H2,(H,15,16). The Morgan fingerprint density at radius 1 is 1.41 bits per heavy atom. The van der Waals surface area contributed by atoms with Crippen molar-refractivity contribution in [2.24, 2.45) is 0 Å². The highest BCUT2D eigenvalue weighted by atomic mass is 19.1. The lowest BCUT2D eigenvalue weighted by molar-refractivity contribution is -0.140. The van der Waals surface area contributed by atoms with Gasteiger partial charge in [-0.25, -0.2) is 8.78 Å². The van der Waals surface area contributed by atoms with E-state index in [1.54, 1.807) is 0 Å². The van der Waals surface area contributed by atoms with Crippen LogP contribution in [0.15, 0.2) is 22.8 Å². The molecular formula is C12H8F2O3. The summed E-state index contributed by atoms with van der Waals surface area (Å²) >= 11 is 0. The van der Waals surface area contributed by atoms with Crippen molar-refractivity contribution in [3.8, 4) is 0 Å². The van der Waals surface area contributed by atoms with E-state index >= 15 is 0 Å². The first-order valence-corrected chi connectivity index (χ1v) is 5.15. The smallest absolute Gasteiger partial charge is 0.314 e. The molecule has 1 aliphatic carbocycles. The molecule has 0 bridgehead atoms. The molecule has 3 rings (SSSR count). The number of carboxylic acid groups (broad SMARTS) is 1. The Balaban J connectivity index is 2.33. The van der Waals surface area contributed by atoms with Gasteiger partial charge in [0.25, 0.3) is 0 Å². The number of carbonyl (C=O) groups is 1. The molecule has 1 aromatic heterocycles. The second kappa shape index (κ2) is 3.06. The monoisotopic (exact) mass is 238 g/mol. The zero-order valence-electron chi connectivity index (χ0n) is 8.67. The number of aliphatic carboxylic acids is 1. The van der Waals surface area contributed by atoms with Gasteiger partial charge in [0, 0.05) is 11.6 Å². The van der Waals surface area contributed by atoms with Gasteiger partial charge in [0.1, 0.15) is 17.2 Å². The van der Waals surface area contributed by atoms with Gasteiger partial charge in [-0.05, 0) is 18.9 Å². The fraction of sp³-hybridized carbons (Fsp3) is 0.250. The predicted molar refractivity (Wildman–Crippen MR) is 54.7 cm³/mol. The van der Waals surface area contributed by atoms with Crippen LogP contribution in [0.2, 0.25) is 0 Å². The fourth-order valence-electron chi connectivity index (χ4n) is 2.18. The van der Waals surface area contributed by atoms with Gasteiger partial charge >= 0.3 is 5.97 Å². The second-order valence-electron chi connectivity index (χ2n) is 4.27. The maximum Gasteiger partial charge on any atom is 0.314 e. The molecule has 88 valence electrons. The average molecular weight is 238 g/mol. The number of furan rings is 1. The number of carboxylic acids is 1. The second-order valence-corrected chi connectivity index (χ2v) is 4.27. The number of fused-ring (bicyclic) bond motifs is 1.